The highest BCUT2D eigenvalue weighted by Gasteiger charge is 2.22. The average molecular weight is 293 g/mol. The molecular formula is C14H23N5O2. The minimum Gasteiger partial charge on any atom is -0.342 e. The molecule has 2 fully saturated rings. The van der Waals surface area contributed by atoms with E-state index in [1.807, 2.05) is 4.90 Å². The number of hydrogen-bond donors (Lipinski definition) is 2. The zero-order chi connectivity index (χ0) is 14.8. The Bertz CT molecular complexity index is 563. The summed E-state index contributed by atoms with van der Waals surface area (Å²) >= 11 is 0. The molecule has 2 heterocycles. The van der Waals surface area contributed by atoms with Gasteiger partial charge in [0.05, 0.1) is 0 Å². The predicted octanol–water partition coefficient (Wildman–Crippen LogP) is 0.364. The van der Waals surface area contributed by atoms with Gasteiger partial charge in [0.2, 0.25) is 5.95 Å². The summed E-state index contributed by atoms with van der Waals surface area (Å²) in [6, 6.07) is 0.210. The fourth-order valence-electron chi connectivity index (χ4n) is 3.34. The number of aromatic nitrogens is 3. The maximum atomic E-state index is 12.3. The molecule has 2 aliphatic rings. The summed E-state index contributed by atoms with van der Waals surface area (Å²) in [5.41, 5.74) is 5.12. The highest BCUT2D eigenvalue weighted by atomic mass is 16.2. The lowest BCUT2D eigenvalue weighted by atomic mass is 9.95. The molecule has 0 atom stereocenters. The second kappa shape index (κ2) is 6.01. The van der Waals surface area contributed by atoms with Gasteiger partial charge in [-0.05, 0) is 25.7 Å². The zero-order valence-electron chi connectivity index (χ0n) is 12.3. The number of aromatic amines is 1. The van der Waals surface area contributed by atoms with Gasteiger partial charge in [-0.3, -0.25) is 4.98 Å². The standard InChI is InChI=1S/C14H23N5O2/c15-10-6-8-18(9-7-10)12-16-13(20)19(14(21)17-12)11-4-2-1-3-5-11/h10-11H,1-9,15H2,(H,16,17,20,21). The summed E-state index contributed by atoms with van der Waals surface area (Å²) in [5.74, 6) is 0.393. The first kappa shape index (κ1) is 14.3. The first-order chi connectivity index (χ1) is 10.1. The van der Waals surface area contributed by atoms with Crippen LogP contribution in [-0.2, 0) is 0 Å². The fourth-order valence-corrected chi connectivity index (χ4v) is 3.34. The van der Waals surface area contributed by atoms with Gasteiger partial charge in [-0.25, -0.2) is 14.2 Å². The minimum absolute atomic E-state index is 0.00586. The van der Waals surface area contributed by atoms with Crippen molar-refractivity contribution in [1.82, 2.24) is 14.5 Å². The van der Waals surface area contributed by atoms with E-state index in [0.717, 1.165) is 51.6 Å². The van der Waals surface area contributed by atoms with Gasteiger partial charge in [0.15, 0.2) is 0 Å². The van der Waals surface area contributed by atoms with Crippen molar-refractivity contribution in [2.45, 2.75) is 57.0 Å². The van der Waals surface area contributed by atoms with E-state index in [1.165, 1.54) is 11.0 Å². The third kappa shape index (κ3) is 3.02. The first-order valence-electron chi connectivity index (χ1n) is 7.88. The van der Waals surface area contributed by atoms with E-state index in [0.29, 0.717) is 5.95 Å². The Balaban J connectivity index is 1.85. The number of hydrogen-bond acceptors (Lipinski definition) is 5. The smallest absolute Gasteiger partial charge is 0.342 e. The molecule has 0 radical (unpaired) electrons. The molecule has 0 aromatic carbocycles. The van der Waals surface area contributed by atoms with Crippen LogP contribution in [0.15, 0.2) is 9.59 Å². The molecule has 21 heavy (non-hydrogen) atoms. The molecular weight excluding hydrogens is 270 g/mol. The molecule has 1 saturated carbocycles. The van der Waals surface area contributed by atoms with Crippen LogP contribution in [0.2, 0.25) is 0 Å². The Labute approximate surface area is 123 Å². The number of rotatable bonds is 2. The third-order valence-corrected chi connectivity index (χ3v) is 4.62. The zero-order valence-corrected chi connectivity index (χ0v) is 12.3. The number of piperidine rings is 1. The van der Waals surface area contributed by atoms with E-state index in [9.17, 15) is 9.59 Å². The van der Waals surface area contributed by atoms with Crippen LogP contribution < -0.4 is 22.0 Å². The minimum atomic E-state index is -0.421. The van der Waals surface area contributed by atoms with Crippen molar-refractivity contribution in [3.05, 3.63) is 21.0 Å². The molecule has 1 aromatic heterocycles. The molecule has 0 unspecified atom stereocenters. The SMILES string of the molecule is NC1CCN(c2nc(=O)n(C3CCCCC3)c(=O)[nH]2)CC1. The fraction of sp³-hybridized carbons (Fsp3) is 0.786. The van der Waals surface area contributed by atoms with E-state index in [2.05, 4.69) is 9.97 Å². The summed E-state index contributed by atoms with van der Waals surface area (Å²) in [7, 11) is 0. The molecule has 3 rings (SSSR count). The molecule has 0 spiro atoms. The van der Waals surface area contributed by atoms with Crippen LogP contribution >= 0.6 is 0 Å². The lowest BCUT2D eigenvalue weighted by Crippen LogP contribution is -2.45. The highest BCUT2D eigenvalue weighted by Crippen LogP contribution is 2.25. The molecule has 0 bridgehead atoms. The third-order valence-electron chi connectivity index (χ3n) is 4.62. The van der Waals surface area contributed by atoms with Crippen LogP contribution in [0, 0.1) is 0 Å². The molecule has 116 valence electrons. The van der Waals surface area contributed by atoms with E-state index in [1.54, 1.807) is 0 Å². The molecule has 1 aliphatic carbocycles. The highest BCUT2D eigenvalue weighted by molar-refractivity contribution is 5.28. The number of anilines is 1. The lowest BCUT2D eigenvalue weighted by molar-refractivity contribution is 0.331. The lowest BCUT2D eigenvalue weighted by Gasteiger charge is -2.30. The maximum absolute atomic E-state index is 12.3. The molecule has 0 amide bonds. The van der Waals surface area contributed by atoms with Crippen molar-refractivity contribution in [1.29, 1.82) is 0 Å². The largest absolute Gasteiger partial charge is 0.355 e. The van der Waals surface area contributed by atoms with Crippen molar-refractivity contribution in [2.24, 2.45) is 5.73 Å². The maximum Gasteiger partial charge on any atom is 0.355 e. The molecule has 1 aliphatic heterocycles. The molecule has 7 heteroatoms. The van der Waals surface area contributed by atoms with Crippen LogP contribution in [0.4, 0.5) is 5.95 Å². The van der Waals surface area contributed by atoms with Crippen LogP contribution in [-0.4, -0.2) is 33.7 Å². The second-order valence-corrected chi connectivity index (χ2v) is 6.13. The Kier molecular flexibility index (Phi) is 4.10. The van der Waals surface area contributed by atoms with Crippen molar-refractivity contribution in [3.8, 4) is 0 Å². The molecule has 7 nitrogen and oxygen atoms in total. The summed E-state index contributed by atoms with van der Waals surface area (Å²) in [6.07, 6.45) is 6.82. The van der Waals surface area contributed by atoms with Gasteiger partial charge in [-0.2, -0.15) is 4.98 Å². The Hall–Kier alpha value is -1.63. The average Bonchev–Trinajstić information content (AvgIpc) is 2.48. The number of H-pyrrole nitrogens is 1. The van der Waals surface area contributed by atoms with Gasteiger partial charge < -0.3 is 10.6 Å². The summed E-state index contributed by atoms with van der Waals surface area (Å²) < 4.78 is 1.30. The Morgan fingerprint density at radius 2 is 1.71 bits per heavy atom. The topological polar surface area (TPSA) is 97.0 Å². The number of nitrogens with two attached hydrogens (primary N) is 1. The van der Waals surface area contributed by atoms with E-state index < -0.39 is 5.69 Å². The molecule has 1 saturated heterocycles. The van der Waals surface area contributed by atoms with Crippen molar-refractivity contribution in [3.63, 3.8) is 0 Å². The van der Waals surface area contributed by atoms with Gasteiger partial charge >= 0.3 is 11.4 Å². The van der Waals surface area contributed by atoms with Gasteiger partial charge in [-0.15, -0.1) is 0 Å². The Morgan fingerprint density at radius 1 is 1.05 bits per heavy atom. The summed E-state index contributed by atoms with van der Waals surface area (Å²) in [6.45, 7) is 1.47. The second-order valence-electron chi connectivity index (χ2n) is 6.13. The predicted molar refractivity (Wildman–Crippen MR) is 80.7 cm³/mol. The van der Waals surface area contributed by atoms with Gasteiger partial charge in [0.1, 0.15) is 0 Å². The monoisotopic (exact) mass is 293 g/mol. The van der Waals surface area contributed by atoms with Gasteiger partial charge in [-0.1, -0.05) is 19.3 Å². The van der Waals surface area contributed by atoms with Crippen molar-refractivity contribution in [2.75, 3.05) is 18.0 Å². The Morgan fingerprint density at radius 3 is 2.33 bits per heavy atom. The van der Waals surface area contributed by atoms with Crippen molar-refractivity contribution < 1.29 is 0 Å². The molecule has 3 N–H and O–H groups in total. The van der Waals surface area contributed by atoms with Gasteiger partial charge in [0, 0.05) is 25.2 Å². The van der Waals surface area contributed by atoms with E-state index in [4.69, 9.17) is 5.73 Å². The van der Waals surface area contributed by atoms with Crippen molar-refractivity contribution >= 4 is 5.95 Å². The normalized spacial score (nSPS) is 21.7. The van der Waals surface area contributed by atoms with Gasteiger partial charge in [0.25, 0.3) is 0 Å². The van der Waals surface area contributed by atoms with E-state index >= 15 is 0 Å². The van der Waals surface area contributed by atoms with Crippen LogP contribution in [0.5, 0.6) is 0 Å². The van der Waals surface area contributed by atoms with Crippen LogP contribution in [0.1, 0.15) is 51.0 Å². The van der Waals surface area contributed by atoms with E-state index in [-0.39, 0.29) is 17.8 Å². The summed E-state index contributed by atoms with van der Waals surface area (Å²) in [4.78, 5) is 33.3. The summed E-state index contributed by atoms with van der Waals surface area (Å²) in [5, 5.41) is 0. The molecule has 1 aromatic rings. The first-order valence-corrected chi connectivity index (χ1v) is 7.88. The van der Waals surface area contributed by atoms with Crippen LogP contribution in [0.25, 0.3) is 0 Å². The number of nitrogens with one attached hydrogen (secondary N) is 1. The quantitative estimate of drug-likeness (QED) is 0.821. The van der Waals surface area contributed by atoms with Crippen LogP contribution in [0.3, 0.4) is 0 Å². The number of nitrogens with zero attached hydrogens (tertiary/aromatic N) is 3.